The number of likely N-dealkylation sites (N-methyl/N-ethyl adjacent to an activating group) is 1. The highest BCUT2D eigenvalue weighted by Crippen LogP contribution is 2.18. The molecule has 0 bridgehead atoms. The molecule has 2 rings (SSSR count). The Morgan fingerprint density at radius 1 is 1.25 bits per heavy atom. The highest BCUT2D eigenvalue weighted by Gasteiger charge is 2.34. The highest BCUT2D eigenvalue weighted by molar-refractivity contribution is 5.91. The van der Waals surface area contributed by atoms with Crippen molar-refractivity contribution < 1.29 is 24.3 Å². The molecule has 0 saturated carbocycles. The number of benzene rings is 1. The lowest BCUT2D eigenvalue weighted by Gasteiger charge is -2.28. The molecule has 3 atom stereocenters. The molecule has 28 heavy (non-hydrogen) atoms. The largest absolute Gasteiger partial charge is 0.481 e. The molecule has 3 N–H and O–H groups in total. The first-order chi connectivity index (χ1) is 13.5. The van der Waals surface area contributed by atoms with Crippen molar-refractivity contribution in [1.29, 1.82) is 0 Å². The van der Waals surface area contributed by atoms with Gasteiger partial charge in [0.1, 0.15) is 12.3 Å². The summed E-state index contributed by atoms with van der Waals surface area (Å²) >= 11 is 0. The first-order valence-electron chi connectivity index (χ1n) is 9.45. The zero-order chi connectivity index (χ0) is 20.5. The number of aldehydes is 1. The fourth-order valence-corrected chi connectivity index (χ4v) is 3.38. The Kier molecular flexibility index (Phi) is 8.13. The van der Waals surface area contributed by atoms with Crippen LogP contribution in [0.15, 0.2) is 30.3 Å². The molecule has 2 amide bonds. The van der Waals surface area contributed by atoms with Crippen LogP contribution in [-0.4, -0.2) is 65.8 Å². The number of carbonyl (C=O) groups is 4. The number of likely N-dealkylation sites (tertiary alicyclic amines) is 1. The molecule has 1 aliphatic heterocycles. The predicted molar refractivity (Wildman–Crippen MR) is 103 cm³/mol. The van der Waals surface area contributed by atoms with Crippen LogP contribution >= 0.6 is 0 Å². The number of amides is 2. The summed E-state index contributed by atoms with van der Waals surface area (Å²) in [6, 6.07) is 7.41. The van der Waals surface area contributed by atoms with Crippen LogP contribution in [0.5, 0.6) is 0 Å². The number of carboxylic acids is 1. The van der Waals surface area contributed by atoms with Gasteiger partial charge < -0.3 is 25.4 Å². The molecule has 0 radical (unpaired) electrons. The molecular formula is C20H27N3O5. The first-order valence-corrected chi connectivity index (χ1v) is 9.45. The monoisotopic (exact) mass is 389 g/mol. The Labute approximate surface area is 164 Å². The summed E-state index contributed by atoms with van der Waals surface area (Å²) in [4.78, 5) is 49.2. The van der Waals surface area contributed by atoms with Gasteiger partial charge in [0.25, 0.3) is 0 Å². The van der Waals surface area contributed by atoms with Gasteiger partial charge in [-0.05, 0) is 38.3 Å². The zero-order valence-corrected chi connectivity index (χ0v) is 16.0. The van der Waals surface area contributed by atoms with Crippen molar-refractivity contribution >= 4 is 24.1 Å². The van der Waals surface area contributed by atoms with Gasteiger partial charge in [-0.3, -0.25) is 14.4 Å². The third-order valence-corrected chi connectivity index (χ3v) is 4.95. The van der Waals surface area contributed by atoms with Crippen molar-refractivity contribution in [2.24, 2.45) is 0 Å². The van der Waals surface area contributed by atoms with Crippen molar-refractivity contribution in [3.63, 3.8) is 0 Å². The van der Waals surface area contributed by atoms with E-state index in [4.69, 9.17) is 5.11 Å². The fraction of sp³-hybridized carbons (Fsp3) is 0.500. The summed E-state index contributed by atoms with van der Waals surface area (Å²) < 4.78 is 0. The number of nitrogens with one attached hydrogen (secondary N) is 2. The van der Waals surface area contributed by atoms with E-state index in [-0.39, 0.29) is 18.7 Å². The minimum Gasteiger partial charge on any atom is -0.481 e. The molecule has 1 aromatic carbocycles. The Hall–Kier alpha value is -2.74. The lowest BCUT2D eigenvalue weighted by Crippen LogP contribution is -2.54. The van der Waals surface area contributed by atoms with E-state index in [0.29, 0.717) is 25.8 Å². The quantitative estimate of drug-likeness (QED) is 0.498. The van der Waals surface area contributed by atoms with E-state index >= 15 is 0 Å². The SMILES string of the molecule is CN[C@@H](Cc1ccccc1)C(=O)N[C@@H](CCC(=O)O)C(=O)N1CCC[C@H]1C=O. The highest BCUT2D eigenvalue weighted by atomic mass is 16.4. The number of aliphatic carboxylic acids is 1. The number of rotatable bonds is 10. The van der Waals surface area contributed by atoms with Gasteiger partial charge in [-0.1, -0.05) is 30.3 Å². The van der Waals surface area contributed by atoms with Crippen LogP contribution in [0.3, 0.4) is 0 Å². The predicted octanol–water partition coefficient (Wildman–Crippen LogP) is 0.357. The normalized spacial score (nSPS) is 18.3. The summed E-state index contributed by atoms with van der Waals surface area (Å²) in [6.07, 6.45) is 2.18. The molecule has 0 spiro atoms. The maximum Gasteiger partial charge on any atom is 0.303 e. The minimum absolute atomic E-state index is 0.0241. The molecule has 1 saturated heterocycles. The fourth-order valence-electron chi connectivity index (χ4n) is 3.38. The summed E-state index contributed by atoms with van der Waals surface area (Å²) in [5.74, 6) is -1.83. The van der Waals surface area contributed by atoms with Gasteiger partial charge in [-0.25, -0.2) is 0 Å². The van der Waals surface area contributed by atoms with Crippen LogP contribution in [-0.2, 0) is 25.6 Å². The lowest BCUT2D eigenvalue weighted by atomic mass is 10.0. The molecule has 0 unspecified atom stereocenters. The van der Waals surface area contributed by atoms with Crippen molar-refractivity contribution in [3.8, 4) is 0 Å². The van der Waals surface area contributed by atoms with Crippen LogP contribution in [0.2, 0.25) is 0 Å². The second-order valence-electron chi connectivity index (χ2n) is 6.90. The van der Waals surface area contributed by atoms with E-state index in [9.17, 15) is 19.2 Å². The molecule has 1 aromatic rings. The van der Waals surface area contributed by atoms with Crippen molar-refractivity contribution in [1.82, 2.24) is 15.5 Å². The molecule has 0 aliphatic carbocycles. The van der Waals surface area contributed by atoms with E-state index in [1.807, 2.05) is 30.3 Å². The smallest absolute Gasteiger partial charge is 0.303 e. The Balaban J connectivity index is 2.09. The van der Waals surface area contributed by atoms with Gasteiger partial charge in [-0.2, -0.15) is 0 Å². The van der Waals surface area contributed by atoms with E-state index in [1.54, 1.807) is 7.05 Å². The molecule has 8 heteroatoms. The summed E-state index contributed by atoms with van der Waals surface area (Å²) in [5, 5.41) is 14.6. The Morgan fingerprint density at radius 3 is 2.57 bits per heavy atom. The van der Waals surface area contributed by atoms with Crippen LogP contribution in [0, 0.1) is 0 Å². The zero-order valence-electron chi connectivity index (χ0n) is 16.0. The second-order valence-corrected chi connectivity index (χ2v) is 6.90. The number of hydrogen-bond donors (Lipinski definition) is 3. The van der Waals surface area contributed by atoms with E-state index in [2.05, 4.69) is 10.6 Å². The topological polar surface area (TPSA) is 116 Å². The average Bonchev–Trinajstić information content (AvgIpc) is 3.18. The third kappa shape index (κ3) is 5.88. The van der Waals surface area contributed by atoms with Gasteiger partial charge in [0.05, 0.1) is 12.1 Å². The average molecular weight is 389 g/mol. The van der Waals surface area contributed by atoms with Crippen LogP contribution in [0.4, 0.5) is 0 Å². The summed E-state index contributed by atoms with van der Waals surface area (Å²) in [6.45, 7) is 0.432. The van der Waals surface area contributed by atoms with Crippen molar-refractivity contribution in [2.45, 2.75) is 50.2 Å². The first kappa shape index (κ1) is 21.6. The van der Waals surface area contributed by atoms with Gasteiger partial charge in [0.15, 0.2) is 0 Å². The van der Waals surface area contributed by atoms with E-state index < -0.39 is 30.0 Å². The summed E-state index contributed by atoms with van der Waals surface area (Å²) in [7, 11) is 1.66. The molecule has 1 aliphatic rings. The molecule has 152 valence electrons. The maximum absolute atomic E-state index is 12.9. The van der Waals surface area contributed by atoms with Crippen molar-refractivity contribution in [2.75, 3.05) is 13.6 Å². The van der Waals surface area contributed by atoms with Gasteiger partial charge >= 0.3 is 5.97 Å². The number of hydrogen-bond acceptors (Lipinski definition) is 5. The van der Waals surface area contributed by atoms with E-state index in [0.717, 1.165) is 11.8 Å². The number of carbonyl (C=O) groups excluding carboxylic acids is 3. The molecular weight excluding hydrogens is 362 g/mol. The van der Waals surface area contributed by atoms with Gasteiger partial charge in [0.2, 0.25) is 11.8 Å². The maximum atomic E-state index is 12.9. The van der Waals surface area contributed by atoms with Crippen LogP contribution in [0.25, 0.3) is 0 Å². The van der Waals surface area contributed by atoms with Crippen LogP contribution in [0.1, 0.15) is 31.2 Å². The summed E-state index contributed by atoms with van der Waals surface area (Å²) in [5.41, 5.74) is 0.964. The van der Waals surface area contributed by atoms with E-state index in [1.165, 1.54) is 4.90 Å². The molecule has 0 aromatic heterocycles. The third-order valence-electron chi connectivity index (χ3n) is 4.95. The Morgan fingerprint density at radius 2 is 1.96 bits per heavy atom. The molecule has 1 heterocycles. The number of nitrogens with zero attached hydrogens (tertiary/aromatic N) is 1. The Bertz CT molecular complexity index is 694. The number of carboxylic acid groups (broad SMARTS) is 1. The molecule has 1 fully saturated rings. The van der Waals surface area contributed by atoms with Gasteiger partial charge in [-0.15, -0.1) is 0 Å². The van der Waals surface area contributed by atoms with Crippen LogP contribution < -0.4 is 10.6 Å². The van der Waals surface area contributed by atoms with Crippen molar-refractivity contribution in [3.05, 3.63) is 35.9 Å². The minimum atomic E-state index is -1.05. The second kappa shape index (κ2) is 10.6. The molecule has 8 nitrogen and oxygen atoms in total. The van der Waals surface area contributed by atoms with Gasteiger partial charge in [0, 0.05) is 13.0 Å². The standard InChI is InChI=1S/C20H27N3O5/c1-21-17(12-14-6-3-2-4-7-14)19(27)22-16(9-10-18(25)26)20(28)23-11-5-8-15(23)13-24/h2-4,6-7,13,15-17,21H,5,8-12H2,1H3,(H,22,27)(H,25,26)/t15-,16-,17-/m0/s1. The lowest BCUT2D eigenvalue weighted by molar-refractivity contribution is -0.141.